The van der Waals surface area contributed by atoms with E-state index in [4.69, 9.17) is 0 Å². The van der Waals surface area contributed by atoms with Gasteiger partial charge < -0.3 is 10.2 Å². The van der Waals surface area contributed by atoms with E-state index in [0.717, 1.165) is 18.3 Å². The summed E-state index contributed by atoms with van der Waals surface area (Å²) in [6.07, 6.45) is 15.4. The average molecular weight is 381 g/mol. The number of hydrogen-bond donors (Lipinski definition) is 2. The van der Waals surface area contributed by atoms with Gasteiger partial charge in [-0.2, -0.15) is 0 Å². The molecule has 8 atom stereocenters. The highest BCUT2D eigenvalue weighted by Gasteiger charge is 2.41. The maximum Gasteiger partial charge on any atom is 0.0596 e. The van der Waals surface area contributed by atoms with E-state index in [1.165, 1.54) is 77.0 Å². The predicted molar refractivity (Wildman–Crippen MR) is 116 cm³/mol. The Morgan fingerprint density at radius 1 is 0.593 bits per heavy atom. The zero-order valence-electron chi connectivity index (χ0n) is 18.7. The summed E-state index contributed by atoms with van der Waals surface area (Å²) in [5.41, 5.74) is 0. The second-order valence-corrected chi connectivity index (χ2v) is 10.0. The summed E-state index contributed by atoms with van der Waals surface area (Å²) in [5, 5.41) is 22.3. The number of hydrogen-bond acceptors (Lipinski definition) is 2. The Bertz CT molecular complexity index is 360. The first-order valence-corrected chi connectivity index (χ1v) is 12.4. The van der Waals surface area contributed by atoms with Crippen LogP contribution in [0.2, 0.25) is 0 Å². The molecule has 2 rings (SSSR count). The molecule has 27 heavy (non-hydrogen) atoms. The molecule has 0 aliphatic heterocycles. The smallest absolute Gasteiger partial charge is 0.0596 e. The zero-order chi connectivity index (χ0) is 19.8. The van der Waals surface area contributed by atoms with Gasteiger partial charge in [-0.1, -0.05) is 66.2 Å². The molecular weight excluding hydrogens is 332 g/mol. The molecule has 8 unspecified atom stereocenters. The van der Waals surface area contributed by atoms with Gasteiger partial charge in [-0.25, -0.2) is 0 Å². The molecule has 0 heterocycles. The highest BCUT2D eigenvalue weighted by molar-refractivity contribution is 4.92. The Labute approximate surface area is 169 Å². The van der Waals surface area contributed by atoms with Crippen molar-refractivity contribution in [2.24, 2.45) is 35.5 Å². The molecule has 0 aromatic heterocycles. The Kier molecular flexibility index (Phi) is 10.1. The van der Waals surface area contributed by atoms with Gasteiger partial charge in [-0.3, -0.25) is 0 Å². The molecule has 2 N–H and O–H groups in total. The van der Waals surface area contributed by atoms with Crippen molar-refractivity contribution in [1.82, 2.24) is 0 Å². The molecule has 2 aliphatic rings. The van der Waals surface area contributed by atoms with E-state index in [-0.39, 0.29) is 12.2 Å². The Morgan fingerprint density at radius 2 is 0.963 bits per heavy atom. The van der Waals surface area contributed by atoms with E-state index in [1.807, 2.05) is 0 Å². The van der Waals surface area contributed by atoms with Crippen molar-refractivity contribution in [3.63, 3.8) is 0 Å². The molecule has 0 spiro atoms. The number of rotatable bonds is 10. The van der Waals surface area contributed by atoms with Gasteiger partial charge in [0.25, 0.3) is 0 Å². The van der Waals surface area contributed by atoms with Crippen molar-refractivity contribution in [3.05, 3.63) is 0 Å². The molecule has 0 bridgehead atoms. The van der Waals surface area contributed by atoms with Gasteiger partial charge in [0.05, 0.1) is 12.2 Å². The molecule has 2 aliphatic carbocycles. The molecule has 2 heteroatoms. The van der Waals surface area contributed by atoms with Crippen LogP contribution in [-0.4, -0.2) is 22.4 Å². The number of aliphatic hydroxyl groups is 2. The van der Waals surface area contributed by atoms with E-state index in [1.54, 1.807) is 0 Å². The Morgan fingerprint density at radius 3 is 1.30 bits per heavy atom. The fraction of sp³-hybridized carbons (Fsp3) is 1.00. The maximum atomic E-state index is 11.1. The predicted octanol–water partition coefficient (Wildman–Crippen LogP) is 6.58. The minimum atomic E-state index is -0.136. The van der Waals surface area contributed by atoms with Crippen molar-refractivity contribution >= 4 is 0 Å². The lowest BCUT2D eigenvalue weighted by atomic mass is 9.64. The molecular formula is C25H48O2. The van der Waals surface area contributed by atoms with E-state index in [2.05, 4.69) is 27.7 Å². The molecule has 0 amide bonds. The Hall–Kier alpha value is -0.0800. The van der Waals surface area contributed by atoms with Crippen molar-refractivity contribution in [3.8, 4) is 0 Å². The van der Waals surface area contributed by atoms with Crippen LogP contribution in [0.25, 0.3) is 0 Å². The van der Waals surface area contributed by atoms with Crippen molar-refractivity contribution in [2.75, 3.05) is 0 Å². The van der Waals surface area contributed by atoms with Gasteiger partial charge in [0, 0.05) is 0 Å². The summed E-state index contributed by atoms with van der Waals surface area (Å²) in [6, 6.07) is 0. The molecule has 160 valence electrons. The lowest BCUT2D eigenvalue weighted by Crippen LogP contribution is -2.43. The third-order valence-corrected chi connectivity index (χ3v) is 8.09. The van der Waals surface area contributed by atoms with Crippen molar-refractivity contribution < 1.29 is 10.2 Å². The first-order chi connectivity index (χ1) is 13.0. The minimum Gasteiger partial charge on any atom is -0.393 e. The summed E-state index contributed by atoms with van der Waals surface area (Å²) in [7, 11) is 0. The van der Waals surface area contributed by atoms with Gasteiger partial charge in [-0.05, 0) is 80.5 Å². The SMILES string of the molecule is CCCCC1CC(CC)CC(CC2CC(CC)CC(CCCC)C2O)C1O. The maximum absolute atomic E-state index is 11.1. The first kappa shape index (κ1) is 23.2. The summed E-state index contributed by atoms with van der Waals surface area (Å²) in [5.74, 6) is 3.36. The summed E-state index contributed by atoms with van der Waals surface area (Å²) < 4.78 is 0. The second-order valence-electron chi connectivity index (χ2n) is 10.0. The topological polar surface area (TPSA) is 40.5 Å². The van der Waals surface area contributed by atoms with Crippen LogP contribution in [0.3, 0.4) is 0 Å². The van der Waals surface area contributed by atoms with E-state index < -0.39 is 0 Å². The van der Waals surface area contributed by atoms with E-state index in [0.29, 0.717) is 23.7 Å². The number of unbranched alkanes of at least 4 members (excludes halogenated alkanes) is 2. The third-order valence-electron chi connectivity index (χ3n) is 8.09. The van der Waals surface area contributed by atoms with Gasteiger partial charge in [0.15, 0.2) is 0 Å². The Balaban J connectivity index is 2.04. The molecule has 2 nitrogen and oxygen atoms in total. The van der Waals surface area contributed by atoms with E-state index in [9.17, 15) is 10.2 Å². The zero-order valence-corrected chi connectivity index (χ0v) is 18.7. The van der Waals surface area contributed by atoms with Crippen LogP contribution in [0.15, 0.2) is 0 Å². The average Bonchev–Trinajstić information content (AvgIpc) is 2.68. The highest BCUT2D eigenvalue weighted by atomic mass is 16.3. The van der Waals surface area contributed by atoms with Crippen LogP contribution in [0, 0.1) is 35.5 Å². The van der Waals surface area contributed by atoms with Gasteiger partial charge in [-0.15, -0.1) is 0 Å². The van der Waals surface area contributed by atoms with Crippen LogP contribution in [0.5, 0.6) is 0 Å². The largest absolute Gasteiger partial charge is 0.393 e. The van der Waals surface area contributed by atoms with Crippen LogP contribution in [0.1, 0.15) is 111 Å². The molecule has 2 fully saturated rings. The quantitative estimate of drug-likeness (QED) is 0.449. The normalized spacial score (nSPS) is 40.2. The second kappa shape index (κ2) is 11.8. The van der Waals surface area contributed by atoms with Crippen molar-refractivity contribution in [1.29, 1.82) is 0 Å². The van der Waals surface area contributed by atoms with Crippen LogP contribution >= 0.6 is 0 Å². The summed E-state index contributed by atoms with van der Waals surface area (Å²) in [6.45, 7) is 9.15. The van der Waals surface area contributed by atoms with Gasteiger partial charge in [0.1, 0.15) is 0 Å². The number of aliphatic hydroxyl groups excluding tert-OH is 2. The molecule has 0 aromatic rings. The van der Waals surface area contributed by atoms with Gasteiger partial charge >= 0.3 is 0 Å². The van der Waals surface area contributed by atoms with Crippen LogP contribution < -0.4 is 0 Å². The lowest BCUT2D eigenvalue weighted by molar-refractivity contribution is -0.0561. The molecule has 0 saturated heterocycles. The van der Waals surface area contributed by atoms with Crippen LogP contribution in [-0.2, 0) is 0 Å². The fourth-order valence-electron chi connectivity index (χ4n) is 6.27. The van der Waals surface area contributed by atoms with Crippen molar-refractivity contribution in [2.45, 2.75) is 123 Å². The van der Waals surface area contributed by atoms with Gasteiger partial charge in [0.2, 0.25) is 0 Å². The first-order valence-electron chi connectivity index (χ1n) is 12.4. The minimum absolute atomic E-state index is 0.136. The standard InChI is InChI=1S/C25H48O2/c1-5-9-11-20-13-18(7-3)15-22(24(20)26)17-23-16-19(8-4)14-21(25(23)27)12-10-6-2/h18-27H,5-17H2,1-4H3. The third kappa shape index (κ3) is 6.46. The molecule has 2 saturated carbocycles. The van der Waals surface area contributed by atoms with Crippen LogP contribution in [0.4, 0.5) is 0 Å². The fourth-order valence-corrected chi connectivity index (χ4v) is 6.27. The molecule has 0 radical (unpaired) electrons. The summed E-state index contributed by atoms with van der Waals surface area (Å²) >= 11 is 0. The lowest BCUT2D eigenvalue weighted by Gasteiger charge is -2.45. The molecule has 0 aromatic carbocycles. The monoisotopic (exact) mass is 380 g/mol. The van der Waals surface area contributed by atoms with E-state index >= 15 is 0 Å². The highest BCUT2D eigenvalue weighted by Crippen LogP contribution is 2.45. The summed E-state index contributed by atoms with van der Waals surface area (Å²) in [4.78, 5) is 0.